The summed E-state index contributed by atoms with van der Waals surface area (Å²) in [6.07, 6.45) is -0.995. The molecular formula is C18H18ClN3O3. The Morgan fingerprint density at radius 3 is 2.48 bits per heavy atom. The summed E-state index contributed by atoms with van der Waals surface area (Å²) in [5, 5.41) is 10.2. The van der Waals surface area contributed by atoms with Gasteiger partial charge in [0.25, 0.3) is 0 Å². The summed E-state index contributed by atoms with van der Waals surface area (Å²) in [6.45, 7) is 0.146. The second-order valence-corrected chi connectivity index (χ2v) is 5.64. The lowest BCUT2D eigenvalue weighted by atomic mass is 10.0. The first kappa shape index (κ1) is 18.5. The number of nitrogens with zero attached hydrogens (tertiary/aromatic N) is 2. The fraction of sp³-hybridized carbons (Fsp3) is 0.167. The zero-order valence-electron chi connectivity index (χ0n) is 13.9. The minimum absolute atomic E-state index is 0.0282. The molecule has 0 saturated heterocycles. The Kier molecular flexibility index (Phi) is 6.14. The lowest BCUT2D eigenvalue weighted by Crippen LogP contribution is -2.27. The highest BCUT2D eigenvalue weighted by molar-refractivity contribution is 6.32. The van der Waals surface area contributed by atoms with Gasteiger partial charge in [-0.1, -0.05) is 41.9 Å². The molecule has 3 rings (SSSR count). The molecule has 2 aromatic rings. The molecule has 1 heterocycles. The van der Waals surface area contributed by atoms with Gasteiger partial charge in [0.15, 0.2) is 0 Å². The van der Waals surface area contributed by atoms with Crippen molar-refractivity contribution in [3.63, 3.8) is 0 Å². The van der Waals surface area contributed by atoms with Gasteiger partial charge in [0.2, 0.25) is 5.91 Å². The molecule has 1 aliphatic heterocycles. The summed E-state index contributed by atoms with van der Waals surface area (Å²) < 4.78 is 0. The van der Waals surface area contributed by atoms with Crippen LogP contribution in [-0.4, -0.2) is 43.5 Å². The third-order valence-corrected chi connectivity index (χ3v) is 3.82. The highest BCUT2D eigenvalue weighted by atomic mass is 35.5. The predicted octanol–water partition coefficient (Wildman–Crippen LogP) is 3.04. The number of hydrogen-bond acceptors (Lipinski definition) is 3. The number of carbonyl (C=O) groups excluding carboxylic acids is 1. The number of carbonyl (C=O) groups is 2. The summed E-state index contributed by atoms with van der Waals surface area (Å²) in [7, 11) is 3.11. The summed E-state index contributed by atoms with van der Waals surface area (Å²) in [5.74, 6) is -0.0282. The monoisotopic (exact) mass is 359 g/mol. The van der Waals surface area contributed by atoms with E-state index in [0.717, 1.165) is 22.5 Å². The maximum atomic E-state index is 12.0. The van der Waals surface area contributed by atoms with E-state index in [1.165, 1.54) is 7.05 Å². The van der Waals surface area contributed by atoms with Crippen molar-refractivity contribution in [1.82, 2.24) is 5.32 Å². The number of halogens is 1. The average molecular weight is 360 g/mol. The molecule has 25 heavy (non-hydrogen) atoms. The van der Waals surface area contributed by atoms with Crippen LogP contribution in [0, 0.1) is 0 Å². The Morgan fingerprint density at radius 2 is 1.88 bits per heavy atom. The first-order valence-electron chi connectivity index (χ1n) is 7.51. The number of benzodiazepines with no additional fused rings is 1. The smallest absolute Gasteiger partial charge is 0.404 e. The Labute approximate surface area is 150 Å². The summed E-state index contributed by atoms with van der Waals surface area (Å²) in [5.41, 5.74) is 3.51. The number of carboxylic acid groups (broad SMARTS) is 1. The molecule has 2 amide bonds. The van der Waals surface area contributed by atoms with Gasteiger partial charge in [-0.15, -0.1) is 0 Å². The van der Waals surface area contributed by atoms with E-state index in [2.05, 4.69) is 4.99 Å². The number of benzene rings is 2. The largest absolute Gasteiger partial charge is 0.465 e. The van der Waals surface area contributed by atoms with Gasteiger partial charge in [-0.2, -0.15) is 0 Å². The fourth-order valence-corrected chi connectivity index (χ4v) is 2.48. The van der Waals surface area contributed by atoms with E-state index < -0.39 is 6.09 Å². The lowest BCUT2D eigenvalue weighted by Gasteiger charge is -2.18. The zero-order valence-corrected chi connectivity index (χ0v) is 14.6. The van der Waals surface area contributed by atoms with Crippen molar-refractivity contribution in [3.8, 4) is 0 Å². The molecule has 1 aliphatic rings. The third kappa shape index (κ3) is 4.58. The number of fused-ring (bicyclic) bond motifs is 1. The van der Waals surface area contributed by atoms with Crippen LogP contribution in [0.15, 0.2) is 53.5 Å². The molecule has 6 nitrogen and oxygen atoms in total. The van der Waals surface area contributed by atoms with Gasteiger partial charge in [-0.3, -0.25) is 9.79 Å². The molecular weight excluding hydrogens is 342 g/mol. The molecule has 2 N–H and O–H groups in total. The number of likely N-dealkylation sites (N-methyl/N-ethyl adjacent to an activating group) is 1. The van der Waals surface area contributed by atoms with Gasteiger partial charge in [0.05, 0.1) is 11.4 Å². The summed E-state index contributed by atoms with van der Waals surface area (Å²) in [4.78, 5) is 27.4. The van der Waals surface area contributed by atoms with Gasteiger partial charge in [-0.05, 0) is 18.2 Å². The number of hydrogen-bond donors (Lipinski definition) is 2. The van der Waals surface area contributed by atoms with Gasteiger partial charge in [-0.25, -0.2) is 4.79 Å². The van der Waals surface area contributed by atoms with E-state index in [9.17, 15) is 9.59 Å². The SMILES string of the molecule is CN1C(=O)CN=C(c2ccccc2)c2cc(Cl)ccc21.CNC(=O)O. The van der Waals surface area contributed by atoms with E-state index in [1.807, 2.05) is 47.8 Å². The molecule has 0 bridgehead atoms. The molecule has 0 radical (unpaired) electrons. The van der Waals surface area contributed by atoms with Crippen LogP contribution < -0.4 is 10.2 Å². The first-order valence-corrected chi connectivity index (χ1v) is 7.89. The van der Waals surface area contributed by atoms with Crippen molar-refractivity contribution in [3.05, 3.63) is 64.7 Å². The number of nitrogens with one attached hydrogen (secondary N) is 1. The van der Waals surface area contributed by atoms with Crippen LogP contribution in [0.25, 0.3) is 0 Å². The third-order valence-electron chi connectivity index (χ3n) is 3.58. The van der Waals surface area contributed by atoms with Gasteiger partial charge in [0, 0.05) is 30.2 Å². The van der Waals surface area contributed by atoms with Gasteiger partial charge < -0.3 is 15.3 Å². The normalized spacial score (nSPS) is 13.0. The van der Waals surface area contributed by atoms with Crippen molar-refractivity contribution >= 4 is 35.0 Å². The Bertz CT molecular complexity index is 806. The van der Waals surface area contributed by atoms with Gasteiger partial charge in [0.1, 0.15) is 6.54 Å². The van der Waals surface area contributed by atoms with Crippen LogP contribution >= 0.6 is 11.6 Å². The van der Waals surface area contributed by atoms with E-state index in [-0.39, 0.29) is 12.5 Å². The van der Waals surface area contributed by atoms with Crippen molar-refractivity contribution in [2.24, 2.45) is 4.99 Å². The molecule has 0 saturated carbocycles. The summed E-state index contributed by atoms with van der Waals surface area (Å²) >= 11 is 6.11. The molecule has 0 spiro atoms. The minimum Gasteiger partial charge on any atom is -0.465 e. The van der Waals surface area contributed by atoms with Crippen molar-refractivity contribution in [1.29, 1.82) is 0 Å². The fourth-order valence-electron chi connectivity index (χ4n) is 2.31. The lowest BCUT2D eigenvalue weighted by molar-refractivity contribution is -0.116. The predicted molar refractivity (Wildman–Crippen MR) is 98.9 cm³/mol. The first-order chi connectivity index (χ1) is 11.9. The van der Waals surface area contributed by atoms with E-state index in [0.29, 0.717) is 5.02 Å². The second-order valence-electron chi connectivity index (χ2n) is 5.20. The number of rotatable bonds is 1. The molecule has 7 heteroatoms. The van der Waals surface area contributed by atoms with Crippen LogP contribution in [0.4, 0.5) is 10.5 Å². The molecule has 0 atom stereocenters. The quantitative estimate of drug-likeness (QED) is 0.821. The summed E-state index contributed by atoms with van der Waals surface area (Å²) in [6, 6.07) is 15.3. The standard InChI is InChI=1S/C16H13ClN2O.C2H5NO2/c1-19-14-8-7-12(17)9-13(14)16(18-10-15(19)20)11-5-3-2-4-6-11;1-3-2(4)5/h2-9H,10H2,1H3;3H,1H3,(H,4,5). The molecule has 0 unspecified atom stereocenters. The van der Waals surface area contributed by atoms with Crippen LogP contribution in [-0.2, 0) is 4.79 Å². The highest BCUT2D eigenvalue weighted by Gasteiger charge is 2.22. The highest BCUT2D eigenvalue weighted by Crippen LogP contribution is 2.28. The molecule has 0 fully saturated rings. The molecule has 0 aromatic heterocycles. The number of anilines is 1. The van der Waals surface area contributed by atoms with Crippen LogP contribution in [0.3, 0.4) is 0 Å². The van der Waals surface area contributed by atoms with Gasteiger partial charge >= 0.3 is 6.09 Å². The van der Waals surface area contributed by atoms with E-state index >= 15 is 0 Å². The number of aliphatic imine (C=N–C) groups is 1. The van der Waals surface area contributed by atoms with Crippen LogP contribution in [0.1, 0.15) is 11.1 Å². The Morgan fingerprint density at radius 1 is 1.24 bits per heavy atom. The average Bonchev–Trinajstić information content (AvgIpc) is 2.73. The maximum Gasteiger partial charge on any atom is 0.404 e. The van der Waals surface area contributed by atoms with E-state index in [1.54, 1.807) is 18.0 Å². The number of amides is 2. The molecule has 130 valence electrons. The maximum absolute atomic E-state index is 12.0. The van der Waals surface area contributed by atoms with E-state index in [4.69, 9.17) is 16.7 Å². The Hall–Kier alpha value is -2.86. The van der Waals surface area contributed by atoms with Crippen molar-refractivity contribution in [2.45, 2.75) is 0 Å². The van der Waals surface area contributed by atoms with Crippen molar-refractivity contribution in [2.75, 3.05) is 25.5 Å². The zero-order chi connectivity index (χ0) is 18.4. The van der Waals surface area contributed by atoms with Crippen molar-refractivity contribution < 1.29 is 14.7 Å². The topological polar surface area (TPSA) is 82.0 Å². The molecule has 2 aromatic carbocycles. The Balaban J connectivity index is 0.000000399. The van der Waals surface area contributed by atoms with Crippen LogP contribution in [0.5, 0.6) is 0 Å². The second kappa shape index (κ2) is 8.30. The van der Waals surface area contributed by atoms with Crippen LogP contribution in [0.2, 0.25) is 5.02 Å². The molecule has 0 aliphatic carbocycles. The minimum atomic E-state index is -0.995.